The zero-order valence-electron chi connectivity index (χ0n) is 16.9. The minimum absolute atomic E-state index is 0.0291. The van der Waals surface area contributed by atoms with Crippen LogP contribution in [0, 0.1) is 0 Å². The molecule has 1 N–H and O–H groups in total. The molecule has 1 aromatic rings. The molecule has 0 aromatic carbocycles. The van der Waals surface area contributed by atoms with Gasteiger partial charge in [0.2, 0.25) is 5.91 Å². The largest absolute Gasteiger partial charge is 0.357 e. The maximum absolute atomic E-state index is 12.5. The van der Waals surface area contributed by atoms with Crippen molar-refractivity contribution in [1.29, 1.82) is 0 Å². The molecule has 3 aliphatic rings. The van der Waals surface area contributed by atoms with Crippen LogP contribution in [0.3, 0.4) is 0 Å². The van der Waals surface area contributed by atoms with E-state index in [-0.39, 0.29) is 30.8 Å². The Morgan fingerprint density at radius 3 is 2.48 bits per heavy atom. The second-order valence-electron chi connectivity index (χ2n) is 7.92. The summed E-state index contributed by atoms with van der Waals surface area (Å²) >= 11 is 0. The van der Waals surface area contributed by atoms with Gasteiger partial charge in [0.1, 0.15) is 18.2 Å². The number of urea groups is 1. The minimum Gasteiger partial charge on any atom is -0.357 e. The fourth-order valence-corrected chi connectivity index (χ4v) is 4.21. The summed E-state index contributed by atoms with van der Waals surface area (Å²) in [5.41, 5.74) is 1.06. The van der Waals surface area contributed by atoms with Crippen molar-refractivity contribution in [1.82, 2.24) is 25.1 Å². The number of carbonyl (C=O) groups excluding carboxylic acids is 3. The van der Waals surface area contributed by atoms with Gasteiger partial charge in [-0.15, -0.1) is 0 Å². The SMILES string of the molecule is CCc1cc(N2CCCC2)nc(C2CCN(C(=O)CN3C(=O)CNC3=O)CC2)n1. The zero-order valence-corrected chi connectivity index (χ0v) is 16.9. The first-order valence-electron chi connectivity index (χ1n) is 10.5. The Morgan fingerprint density at radius 2 is 1.86 bits per heavy atom. The molecule has 0 radical (unpaired) electrons. The summed E-state index contributed by atoms with van der Waals surface area (Å²) in [6.07, 6.45) is 4.87. The van der Waals surface area contributed by atoms with E-state index in [2.05, 4.69) is 23.2 Å². The second-order valence-corrected chi connectivity index (χ2v) is 7.92. The van der Waals surface area contributed by atoms with Crippen LogP contribution in [-0.2, 0) is 16.0 Å². The lowest BCUT2D eigenvalue weighted by Gasteiger charge is -2.32. The van der Waals surface area contributed by atoms with Crippen molar-refractivity contribution in [3.63, 3.8) is 0 Å². The fraction of sp³-hybridized carbons (Fsp3) is 0.650. The van der Waals surface area contributed by atoms with Gasteiger partial charge < -0.3 is 15.1 Å². The number of amides is 4. The van der Waals surface area contributed by atoms with Crippen LogP contribution in [-0.4, -0.2) is 76.9 Å². The molecule has 156 valence electrons. The summed E-state index contributed by atoms with van der Waals surface area (Å²) in [5, 5.41) is 2.44. The third-order valence-electron chi connectivity index (χ3n) is 6.02. The van der Waals surface area contributed by atoms with Gasteiger partial charge in [0.15, 0.2) is 0 Å². The molecule has 4 rings (SSSR count). The summed E-state index contributed by atoms with van der Waals surface area (Å²) < 4.78 is 0. The van der Waals surface area contributed by atoms with E-state index < -0.39 is 6.03 Å². The number of likely N-dealkylation sites (tertiary alicyclic amines) is 1. The number of aryl methyl sites for hydroxylation is 1. The highest BCUT2D eigenvalue weighted by molar-refractivity contribution is 6.04. The normalized spacial score (nSPS) is 20.5. The molecule has 0 bridgehead atoms. The molecule has 0 spiro atoms. The van der Waals surface area contributed by atoms with Crippen molar-refractivity contribution in [2.45, 2.75) is 44.9 Å². The van der Waals surface area contributed by atoms with Crippen LogP contribution in [0.25, 0.3) is 0 Å². The number of aromatic nitrogens is 2. The zero-order chi connectivity index (χ0) is 20.4. The number of nitrogens with one attached hydrogen (secondary N) is 1. The van der Waals surface area contributed by atoms with Gasteiger partial charge in [-0.3, -0.25) is 14.5 Å². The van der Waals surface area contributed by atoms with E-state index in [0.29, 0.717) is 13.1 Å². The summed E-state index contributed by atoms with van der Waals surface area (Å²) in [7, 11) is 0. The van der Waals surface area contributed by atoms with Crippen molar-refractivity contribution in [3.05, 3.63) is 17.6 Å². The van der Waals surface area contributed by atoms with Crippen molar-refractivity contribution in [3.8, 4) is 0 Å². The summed E-state index contributed by atoms with van der Waals surface area (Å²) in [5.74, 6) is 1.60. The Bertz CT molecular complexity index is 783. The predicted octanol–water partition coefficient (Wildman–Crippen LogP) is 0.897. The van der Waals surface area contributed by atoms with Crippen LogP contribution >= 0.6 is 0 Å². The molecule has 29 heavy (non-hydrogen) atoms. The van der Waals surface area contributed by atoms with Gasteiger partial charge in [0.05, 0.1) is 6.54 Å². The highest BCUT2D eigenvalue weighted by Gasteiger charge is 2.33. The Labute approximate surface area is 170 Å². The van der Waals surface area contributed by atoms with Crippen molar-refractivity contribution in [2.75, 3.05) is 44.2 Å². The van der Waals surface area contributed by atoms with E-state index in [0.717, 1.165) is 54.6 Å². The first-order valence-corrected chi connectivity index (χ1v) is 10.5. The van der Waals surface area contributed by atoms with Crippen molar-refractivity contribution < 1.29 is 14.4 Å². The van der Waals surface area contributed by atoms with E-state index in [9.17, 15) is 14.4 Å². The Balaban J connectivity index is 1.39. The lowest BCUT2D eigenvalue weighted by Crippen LogP contribution is -2.45. The Morgan fingerprint density at radius 1 is 1.14 bits per heavy atom. The highest BCUT2D eigenvalue weighted by Crippen LogP contribution is 2.28. The predicted molar refractivity (Wildman–Crippen MR) is 107 cm³/mol. The third kappa shape index (κ3) is 4.18. The van der Waals surface area contributed by atoms with E-state index in [1.54, 1.807) is 4.90 Å². The van der Waals surface area contributed by atoms with Crippen LogP contribution < -0.4 is 10.2 Å². The summed E-state index contributed by atoms with van der Waals surface area (Å²) in [4.78, 5) is 50.6. The smallest absolute Gasteiger partial charge is 0.325 e. The van der Waals surface area contributed by atoms with Crippen LogP contribution in [0.1, 0.15) is 50.0 Å². The molecule has 0 unspecified atom stereocenters. The lowest BCUT2D eigenvalue weighted by molar-refractivity contribution is -0.137. The molecule has 3 fully saturated rings. The van der Waals surface area contributed by atoms with Crippen molar-refractivity contribution in [2.24, 2.45) is 0 Å². The lowest BCUT2D eigenvalue weighted by atomic mass is 9.95. The molecule has 1 aromatic heterocycles. The number of carbonyl (C=O) groups is 3. The average molecular weight is 400 g/mol. The van der Waals surface area contributed by atoms with E-state index in [1.807, 2.05) is 0 Å². The van der Waals surface area contributed by atoms with Crippen LogP contribution in [0.4, 0.5) is 10.6 Å². The molecule has 9 nitrogen and oxygen atoms in total. The van der Waals surface area contributed by atoms with Gasteiger partial charge in [0.25, 0.3) is 5.91 Å². The first kappa shape index (κ1) is 19.6. The van der Waals surface area contributed by atoms with E-state index in [1.165, 1.54) is 12.8 Å². The van der Waals surface area contributed by atoms with Gasteiger partial charge in [-0.05, 0) is 32.1 Å². The molecular weight excluding hydrogens is 372 g/mol. The summed E-state index contributed by atoms with van der Waals surface area (Å²) in [6.45, 7) is 5.17. The van der Waals surface area contributed by atoms with Gasteiger partial charge in [-0.25, -0.2) is 14.8 Å². The van der Waals surface area contributed by atoms with E-state index in [4.69, 9.17) is 9.97 Å². The monoisotopic (exact) mass is 400 g/mol. The Hall–Kier alpha value is -2.71. The first-order chi connectivity index (χ1) is 14.0. The van der Waals surface area contributed by atoms with Crippen molar-refractivity contribution >= 4 is 23.7 Å². The third-order valence-corrected chi connectivity index (χ3v) is 6.02. The van der Waals surface area contributed by atoms with Crippen LogP contribution in [0.5, 0.6) is 0 Å². The number of imide groups is 1. The maximum Gasteiger partial charge on any atom is 0.325 e. The molecule has 4 heterocycles. The number of anilines is 1. The number of nitrogens with zero attached hydrogens (tertiary/aromatic N) is 5. The average Bonchev–Trinajstić information content (AvgIpc) is 3.39. The molecule has 0 atom stereocenters. The number of rotatable bonds is 5. The van der Waals surface area contributed by atoms with E-state index >= 15 is 0 Å². The molecule has 3 aliphatic heterocycles. The molecule has 0 aliphatic carbocycles. The van der Waals surface area contributed by atoms with Gasteiger partial charge in [-0.2, -0.15) is 0 Å². The fourth-order valence-electron chi connectivity index (χ4n) is 4.21. The van der Waals surface area contributed by atoms with Crippen LogP contribution in [0.2, 0.25) is 0 Å². The minimum atomic E-state index is -0.488. The molecule has 0 saturated carbocycles. The standard InChI is InChI=1S/C20H28N6O3/c1-2-15-11-16(24-7-3-4-8-24)23-19(22-15)14-5-9-25(10-6-14)18(28)13-26-17(27)12-21-20(26)29/h11,14H,2-10,12-13H2,1H3,(H,21,29). The second kappa shape index (κ2) is 8.34. The van der Waals surface area contributed by atoms with Gasteiger partial charge >= 0.3 is 6.03 Å². The molecular formula is C20H28N6O3. The number of hydrogen-bond acceptors (Lipinski definition) is 6. The number of piperidine rings is 1. The number of hydrogen-bond donors (Lipinski definition) is 1. The summed E-state index contributed by atoms with van der Waals surface area (Å²) in [6, 6.07) is 1.61. The molecule has 9 heteroatoms. The van der Waals surface area contributed by atoms with Gasteiger partial charge in [-0.1, -0.05) is 6.92 Å². The topological polar surface area (TPSA) is 98.7 Å². The van der Waals surface area contributed by atoms with Gasteiger partial charge in [0, 0.05) is 43.9 Å². The maximum atomic E-state index is 12.5. The quantitative estimate of drug-likeness (QED) is 0.738. The Kier molecular flexibility index (Phi) is 5.64. The van der Waals surface area contributed by atoms with Crippen LogP contribution in [0.15, 0.2) is 6.07 Å². The molecule has 4 amide bonds. The molecule has 3 saturated heterocycles. The highest BCUT2D eigenvalue weighted by atomic mass is 16.2.